The highest BCUT2D eigenvalue weighted by atomic mass is 19.1. The molecule has 0 radical (unpaired) electrons. The molecule has 2 aromatic carbocycles. The molecule has 0 unspecified atom stereocenters. The fourth-order valence-electron chi connectivity index (χ4n) is 3.51. The summed E-state index contributed by atoms with van der Waals surface area (Å²) in [5.74, 6) is 0.800. The van der Waals surface area contributed by atoms with Gasteiger partial charge in [0.05, 0.1) is 0 Å². The monoisotopic (exact) mass is 394 g/mol. The Morgan fingerprint density at radius 2 is 1.76 bits per heavy atom. The minimum Gasteiger partial charge on any atom is -0.421 e. The smallest absolute Gasteiger partial charge is 0.247 e. The van der Waals surface area contributed by atoms with Crippen LogP contribution in [-0.4, -0.2) is 47.2 Å². The van der Waals surface area contributed by atoms with Gasteiger partial charge in [-0.2, -0.15) is 0 Å². The van der Waals surface area contributed by atoms with E-state index in [0.29, 0.717) is 37.7 Å². The molecule has 1 fully saturated rings. The Morgan fingerprint density at radius 1 is 1.03 bits per heavy atom. The molecule has 3 aromatic rings. The molecule has 7 heteroatoms. The van der Waals surface area contributed by atoms with E-state index in [9.17, 15) is 9.18 Å². The topological polar surface area (TPSA) is 62.5 Å². The normalized spacial score (nSPS) is 14.3. The van der Waals surface area contributed by atoms with Crippen molar-refractivity contribution in [1.82, 2.24) is 15.1 Å². The lowest BCUT2D eigenvalue weighted by atomic mass is 10.1. The van der Waals surface area contributed by atoms with Crippen LogP contribution in [0.5, 0.6) is 0 Å². The molecule has 0 aliphatic carbocycles. The maximum Gasteiger partial charge on any atom is 0.247 e. The number of anilines is 1. The average Bonchev–Trinajstić information content (AvgIpc) is 3.22. The van der Waals surface area contributed by atoms with Gasteiger partial charge < -0.3 is 14.2 Å². The van der Waals surface area contributed by atoms with Crippen molar-refractivity contribution in [2.24, 2.45) is 0 Å². The summed E-state index contributed by atoms with van der Waals surface area (Å²) in [5, 5.41) is 8.20. The number of hydrogen-bond donors (Lipinski definition) is 0. The van der Waals surface area contributed by atoms with E-state index in [1.165, 1.54) is 12.1 Å². The van der Waals surface area contributed by atoms with Gasteiger partial charge in [-0.25, -0.2) is 4.39 Å². The summed E-state index contributed by atoms with van der Waals surface area (Å²) in [4.78, 5) is 16.6. The third-order valence-electron chi connectivity index (χ3n) is 5.22. The molecule has 150 valence electrons. The molecule has 1 amide bonds. The van der Waals surface area contributed by atoms with Crippen LogP contribution < -0.4 is 4.90 Å². The first kappa shape index (κ1) is 19.1. The van der Waals surface area contributed by atoms with Gasteiger partial charge >= 0.3 is 0 Å². The lowest BCUT2D eigenvalue weighted by molar-refractivity contribution is -0.131. The third-order valence-corrected chi connectivity index (χ3v) is 5.22. The second kappa shape index (κ2) is 8.43. The lowest BCUT2D eigenvalue weighted by Gasteiger charge is -2.36. The van der Waals surface area contributed by atoms with Gasteiger partial charge in [-0.1, -0.05) is 18.2 Å². The van der Waals surface area contributed by atoms with Crippen molar-refractivity contribution >= 4 is 11.6 Å². The molecule has 29 heavy (non-hydrogen) atoms. The van der Waals surface area contributed by atoms with Gasteiger partial charge in [0.15, 0.2) is 0 Å². The Kier molecular flexibility index (Phi) is 5.55. The van der Waals surface area contributed by atoms with Gasteiger partial charge in [-0.15, -0.1) is 10.2 Å². The molecule has 2 heterocycles. The maximum absolute atomic E-state index is 13.1. The van der Waals surface area contributed by atoms with Gasteiger partial charge in [0.25, 0.3) is 0 Å². The van der Waals surface area contributed by atoms with Crippen LogP contribution in [0.25, 0.3) is 11.5 Å². The zero-order valence-corrected chi connectivity index (χ0v) is 16.3. The number of aryl methyl sites for hydroxylation is 2. The van der Waals surface area contributed by atoms with Crippen molar-refractivity contribution in [1.29, 1.82) is 0 Å². The van der Waals surface area contributed by atoms with Crippen LogP contribution in [0.3, 0.4) is 0 Å². The predicted octanol–water partition coefficient (Wildman–Crippen LogP) is 3.47. The highest BCUT2D eigenvalue weighted by molar-refractivity contribution is 5.76. The van der Waals surface area contributed by atoms with Crippen LogP contribution in [0.15, 0.2) is 52.9 Å². The molecular formula is C22H23FN4O2. The molecule has 1 aromatic heterocycles. The zero-order chi connectivity index (χ0) is 20.2. The first-order valence-electron chi connectivity index (χ1n) is 9.77. The summed E-state index contributed by atoms with van der Waals surface area (Å²) in [6.07, 6.45) is 0.766. The maximum atomic E-state index is 13.1. The number of carbonyl (C=O) groups is 1. The SMILES string of the molecule is Cc1ccccc1-c1nnc(CCC(=O)N2CCN(c3ccc(F)cc3)CC2)o1. The van der Waals surface area contributed by atoms with Crippen molar-refractivity contribution in [3.05, 3.63) is 65.8 Å². The summed E-state index contributed by atoms with van der Waals surface area (Å²) >= 11 is 0. The van der Waals surface area contributed by atoms with Gasteiger partial charge in [0.1, 0.15) is 5.82 Å². The van der Waals surface area contributed by atoms with E-state index in [0.717, 1.165) is 29.9 Å². The minimum absolute atomic E-state index is 0.0828. The molecule has 0 bridgehead atoms. The van der Waals surface area contributed by atoms with Crippen LogP contribution >= 0.6 is 0 Å². The molecule has 1 aliphatic heterocycles. The Bertz CT molecular complexity index is 978. The number of hydrogen-bond acceptors (Lipinski definition) is 5. The van der Waals surface area contributed by atoms with Gasteiger partial charge in [-0.3, -0.25) is 4.79 Å². The number of amides is 1. The number of rotatable bonds is 5. The fourth-order valence-corrected chi connectivity index (χ4v) is 3.51. The Balaban J connectivity index is 1.29. The minimum atomic E-state index is -0.242. The number of carbonyl (C=O) groups excluding carboxylic acids is 1. The predicted molar refractivity (Wildman–Crippen MR) is 108 cm³/mol. The van der Waals surface area contributed by atoms with Crippen molar-refractivity contribution < 1.29 is 13.6 Å². The molecule has 0 saturated carbocycles. The van der Waals surface area contributed by atoms with Crippen LogP contribution in [0, 0.1) is 12.7 Å². The van der Waals surface area contributed by atoms with E-state index in [1.54, 1.807) is 12.1 Å². The summed E-state index contributed by atoms with van der Waals surface area (Å²) in [5.41, 5.74) is 2.96. The largest absolute Gasteiger partial charge is 0.421 e. The van der Waals surface area contributed by atoms with Crippen LogP contribution in [0.2, 0.25) is 0 Å². The second-order valence-electron chi connectivity index (χ2n) is 7.16. The first-order valence-corrected chi connectivity index (χ1v) is 9.77. The molecule has 4 rings (SSSR count). The van der Waals surface area contributed by atoms with Crippen molar-refractivity contribution in [2.75, 3.05) is 31.1 Å². The fraction of sp³-hybridized carbons (Fsp3) is 0.318. The second-order valence-corrected chi connectivity index (χ2v) is 7.16. The highest BCUT2D eigenvalue weighted by Gasteiger charge is 2.22. The highest BCUT2D eigenvalue weighted by Crippen LogP contribution is 2.22. The zero-order valence-electron chi connectivity index (χ0n) is 16.3. The average molecular weight is 394 g/mol. The van der Waals surface area contributed by atoms with Gasteiger partial charge in [-0.05, 0) is 42.8 Å². The molecule has 1 saturated heterocycles. The van der Waals surface area contributed by atoms with E-state index >= 15 is 0 Å². The Morgan fingerprint density at radius 3 is 2.48 bits per heavy atom. The summed E-state index contributed by atoms with van der Waals surface area (Å²) in [6, 6.07) is 14.3. The van der Waals surface area contributed by atoms with E-state index in [1.807, 2.05) is 36.1 Å². The van der Waals surface area contributed by atoms with Crippen LogP contribution in [0.1, 0.15) is 17.9 Å². The van der Waals surface area contributed by atoms with Gasteiger partial charge in [0.2, 0.25) is 17.7 Å². The van der Waals surface area contributed by atoms with Gasteiger partial charge in [0, 0.05) is 50.3 Å². The summed E-state index contributed by atoms with van der Waals surface area (Å²) in [6.45, 7) is 4.75. The molecular weight excluding hydrogens is 371 g/mol. The van der Waals surface area contributed by atoms with Crippen LogP contribution in [0.4, 0.5) is 10.1 Å². The number of aromatic nitrogens is 2. The van der Waals surface area contributed by atoms with Crippen LogP contribution in [-0.2, 0) is 11.2 Å². The van der Waals surface area contributed by atoms with E-state index < -0.39 is 0 Å². The van der Waals surface area contributed by atoms with E-state index in [4.69, 9.17) is 4.42 Å². The van der Waals surface area contributed by atoms with Crippen molar-refractivity contribution in [3.63, 3.8) is 0 Å². The quantitative estimate of drug-likeness (QED) is 0.663. The summed E-state index contributed by atoms with van der Waals surface area (Å²) in [7, 11) is 0. The van der Waals surface area contributed by atoms with Crippen molar-refractivity contribution in [3.8, 4) is 11.5 Å². The molecule has 1 aliphatic rings. The number of piperazine rings is 1. The number of nitrogens with zero attached hydrogens (tertiary/aromatic N) is 4. The first-order chi connectivity index (χ1) is 14.1. The Hall–Kier alpha value is -3.22. The number of halogens is 1. The molecule has 0 N–H and O–H groups in total. The van der Waals surface area contributed by atoms with Crippen molar-refractivity contribution in [2.45, 2.75) is 19.8 Å². The molecule has 0 atom stereocenters. The Labute approximate surface area is 169 Å². The van der Waals surface area contributed by atoms with E-state index in [2.05, 4.69) is 15.1 Å². The number of benzene rings is 2. The summed E-state index contributed by atoms with van der Waals surface area (Å²) < 4.78 is 18.8. The standard InChI is InChI=1S/C22H23FN4O2/c1-16-4-2-3-5-19(16)22-25-24-20(29-22)10-11-21(28)27-14-12-26(13-15-27)18-8-6-17(23)7-9-18/h2-9H,10-15H2,1H3. The molecule has 0 spiro atoms. The third kappa shape index (κ3) is 4.45. The lowest BCUT2D eigenvalue weighted by Crippen LogP contribution is -2.48. The van der Waals surface area contributed by atoms with E-state index in [-0.39, 0.29) is 11.7 Å². The molecule has 6 nitrogen and oxygen atoms in total.